The standard InChI is InChI=1S/C14H19BrN2O5/c1-4-9(2)17(8-13(19)20)12(18)7-16(3)14(21)10-5-6-11(15)22-10/h5-6,9H,4,7-8H2,1-3H3,(H,19,20). The fraction of sp³-hybridized carbons (Fsp3) is 0.500. The molecule has 1 unspecified atom stereocenters. The summed E-state index contributed by atoms with van der Waals surface area (Å²) in [6.07, 6.45) is 0.627. The summed E-state index contributed by atoms with van der Waals surface area (Å²) in [5.41, 5.74) is 0. The molecular formula is C14H19BrN2O5. The number of aliphatic carboxylic acids is 1. The van der Waals surface area contributed by atoms with Crippen molar-refractivity contribution in [2.45, 2.75) is 26.3 Å². The topological polar surface area (TPSA) is 91.1 Å². The van der Waals surface area contributed by atoms with Gasteiger partial charge in [0, 0.05) is 13.1 Å². The van der Waals surface area contributed by atoms with Gasteiger partial charge >= 0.3 is 5.97 Å². The van der Waals surface area contributed by atoms with Crippen molar-refractivity contribution in [1.82, 2.24) is 9.80 Å². The smallest absolute Gasteiger partial charge is 0.323 e. The normalized spacial score (nSPS) is 11.8. The van der Waals surface area contributed by atoms with Crippen molar-refractivity contribution in [2.24, 2.45) is 0 Å². The summed E-state index contributed by atoms with van der Waals surface area (Å²) in [5.74, 6) is -1.84. The van der Waals surface area contributed by atoms with Crippen LogP contribution in [0.3, 0.4) is 0 Å². The van der Waals surface area contributed by atoms with E-state index in [0.29, 0.717) is 11.1 Å². The molecule has 0 radical (unpaired) electrons. The first-order valence-electron chi connectivity index (χ1n) is 6.78. The molecule has 7 nitrogen and oxygen atoms in total. The third-order valence-electron chi connectivity index (χ3n) is 3.25. The molecule has 0 fully saturated rings. The Balaban J connectivity index is 2.75. The number of halogens is 1. The molecule has 0 aliphatic carbocycles. The van der Waals surface area contributed by atoms with Gasteiger partial charge < -0.3 is 19.3 Å². The fourth-order valence-corrected chi connectivity index (χ4v) is 2.15. The van der Waals surface area contributed by atoms with Gasteiger partial charge in [-0.05, 0) is 41.4 Å². The van der Waals surface area contributed by atoms with E-state index in [1.54, 1.807) is 13.0 Å². The van der Waals surface area contributed by atoms with Crippen LogP contribution in [0.5, 0.6) is 0 Å². The van der Waals surface area contributed by atoms with Gasteiger partial charge in [-0.1, -0.05) is 6.92 Å². The molecule has 8 heteroatoms. The molecule has 22 heavy (non-hydrogen) atoms. The molecule has 1 atom stereocenters. The maximum Gasteiger partial charge on any atom is 0.323 e. The molecule has 0 spiro atoms. The first-order valence-corrected chi connectivity index (χ1v) is 7.57. The Morgan fingerprint density at radius 3 is 2.41 bits per heavy atom. The second kappa shape index (κ2) is 7.98. The minimum Gasteiger partial charge on any atom is -0.480 e. The molecule has 1 heterocycles. The molecule has 1 N–H and O–H groups in total. The van der Waals surface area contributed by atoms with Crippen LogP contribution in [0.2, 0.25) is 0 Å². The summed E-state index contributed by atoms with van der Waals surface area (Å²) >= 11 is 3.10. The van der Waals surface area contributed by atoms with E-state index < -0.39 is 17.8 Å². The summed E-state index contributed by atoms with van der Waals surface area (Å²) in [6, 6.07) is 2.86. The van der Waals surface area contributed by atoms with Gasteiger partial charge in [0.05, 0.1) is 6.54 Å². The lowest BCUT2D eigenvalue weighted by atomic mass is 10.2. The van der Waals surface area contributed by atoms with Crippen LogP contribution in [0.1, 0.15) is 30.8 Å². The Morgan fingerprint density at radius 1 is 1.32 bits per heavy atom. The Morgan fingerprint density at radius 2 is 1.95 bits per heavy atom. The minimum absolute atomic E-state index is 0.107. The molecule has 2 amide bonds. The zero-order valence-electron chi connectivity index (χ0n) is 12.7. The zero-order valence-corrected chi connectivity index (χ0v) is 14.3. The summed E-state index contributed by atoms with van der Waals surface area (Å²) in [7, 11) is 1.46. The Hall–Kier alpha value is -1.83. The lowest BCUT2D eigenvalue weighted by molar-refractivity contribution is -0.146. The van der Waals surface area contributed by atoms with Crippen LogP contribution in [0.25, 0.3) is 0 Å². The molecule has 0 aromatic carbocycles. The van der Waals surface area contributed by atoms with E-state index in [4.69, 9.17) is 9.52 Å². The molecule has 0 saturated heterocycles. The Labute approximate surface area is 137 Å². The van der Waals surface area contributed by atoms with Gasteiger partial charge in [-0.3, -0.25) is 14.4 Å². The second-order valence-corrected chi connectivity index (χ2v) is 5.72. The van der Waals surface area contributed by atoms with Crippen LogP contribution >= 0.6 is 15.9 Å². The molecule has 0 aliphatic rings. The largest absolute Gasteiger partial charge is 0.480 e. The highest BCUT2D eigenvalue weighted by molar-refractivity contribution is 9.10. The maximum atomic E-state index is 12.3. The van der Waals surface area contributed by atoms with Crippen molar-refractivity contribution < 1.29 is 23.9 Å². The van der Waals surface area contributed by atoms with E-state index in [9.17, 15) is 14.4 Å². The van der Waals surface area contributed by atoms with Crippen LogP contribution in [-0.4, -0.2) is 58.9 Å². The van der Waals surface area contributed by atoms with Crippen LogP contribution in [0, 0.1) is 0 Å². The Bertz CT molecular complexity index is 557. The summed E-state index contributed by atoms with van der Waals surface area (Å²) < 4.78 is 5.57. The number of carboxylic acids is 1. The average molecular weight is 375 g/mol. The number of furan rings is 1. The fourth-order valence-electron chi connectivity index (χ4n) is 1.84. The summed E-state index contributed by atoms with van der Waals surface area (Å²) in [5, 5.41) is 8.91. The van der Waals surface area contributed by atoms with E-state index in [0.717, 1.165) is 0 Å². The van der Waals surface area contributed by atoms with E-state index in [-0.39, 0.29) is 24.9 Å². The van der Waals surface area contributed by atoms with Crippen molar-refractivity contribution in [2.75, 3.05) is 20.1 Å². The number of rotatable bonds is 7. The predicted molar refractivity (Wildman–Crippen MR) is 82.5 cm³/mol. The molecule has 0 aliphatic heterocycles. The quantitative estimate of drug-likeness (QED) is 0.785. The van der Waals surface area contributed by atoms with Gasteiger partial charge in [0.25, 0.3) is 5.91 Å². The molecule has 1 aromatic rings. The third kappa shape index (κ3) is 4.87. The average Bonchev–Trinajstić information content (AvgIpc) is 2.89. The van der Waals surface area contributed by atoms with Crippen molar-refractivity contribution in [3.63, 3.8) is 0 Å². The monoisotopic (exact) mass is 374 g/mol. The zero-order chi connectivity index (χ0) is 16.9. The highest BCUT2D eigenvalue weighted by Gasteiger charge is 2.25. The number of likely N-dealkylation sites (N-methyl/N-ethyl adjacent to an activating group) is 1. The lowest BCUT2D eigenvalue weighted by Gasteiger charge is -2.28. The highest BCUT2D eigenvalue weighted by atomic mass is 79.9. The van der Waals surface area contributed by atoms with E-state index >= 15 is 0 Å². The van der Waals surface area contributed by atoms with Gasteiger partial charge in [-0.15, -0.1) is 0 Å². The summed E-state index contributed by atoms with van der Waals surface area (Å²) in [6.45, 7) is 3.03. The van der Waals surface area contributed by atoms with Crippen molar-refractivity contribution >= 4 is 33.7 Å². The van der Waals surface area contributed by atoms with Gasteiger partial charge in [-0.25, -0.2) is 0 Å². The van der Waals surface area contributed by atoms with E-state index in [1.807, 2.05) is 6.92 Å². The van der Waals surface area contributed by atoms with Crippen molar-refractivity contribution in [1.29, 1.82) is 0 Å². The van der Waals surface area contributed by atoms with Gasteiger partial charge in [0.1, 0.15) is 6.54 Å². The SMILES string of the molecule is CCC(C)N(CC(=O)O)C(=O)CN(C)C(=O)c1ccc(Br)o1. The minimum atomic E-state index is -1.09. The first kappa shape index (κ1) is 18.2. The third-order valence-corrected chi connectivity index (χ3v) is 3.68. The Kier molecular flexibility index (Phi) is 6.61. The van der Waals surface area contributed by atoms with Gasteiger partial charge in [0.2, 0.25) is 5.91 Å². The van der Waals surface area contributed by atoms with Crippen LogP contribution < -0.4 is 0 Å². The maximum absolute atomic E-state index is 12.3. The van der Waals surface area contributed by atoms with Crippen LogP contribution in [0.4, 0.5) is 0 Å². The lowest BCUT2D eigenvalue weighted by Crippen LogP contribution is -2.47. The van der Waals surface area contributed by atoms with Crippen LogP contribution in [-0.2, 0) is 9.59 Å². The predicted octanol–water partition coefficient (Wildman–Crippen LogP) is 1.83. The molecule has 0 bridgehead atoms. The molecular weight excluding hydrogens is 356 g/mol. The van der Waals surface area contributed by atoms with Crippen molar-refractivity contribution in [3.8, 4) is 0 Å². The number of amides is 2. The number of nitrogens with zero attached hydrogens (tertiary/aromatic N) is 2. The number of carbonyl (C=O) groups is 3. The first-order chi connectivity index (χ1) is 10.3. The molecule has 122 valence electrons. The van der Waals surface area contributed by atoms with Gasteiger partial charge in [0.15, 0.2) is 10.4 Å². The van der Waals surface area contributed by atoms with Crippen molar-refractivity contribution in [3.05, 3.63) is 22.6 Å². The summed E-state index contributed by atoms with van der Waals surface area (Å²) in [4.78, 5) is 37.7. The van der Waals surface area contributed by atoms with Gasteiger partial charge in [-0.2, -0.15) is 0 Å². The van der Waals surface area contributed by atoms with E-state index in [1.165, 1.54) is 22.9 Å². The second-order valence-electron chi connectivity index (χ2n) is 4.94. The number of hydrogen-bond donors (Lipinski definition) is 1. The van der Waals surface area contributed by atoms with Crippen LogP contribution in [0.15, 0.2) is 21.2 Å². The number of carbonyl (C=O) groups excluding carboxylic acids is 2. The molecule has 0 saturated carbocycles. The number of carboxylic acid groups (broad SMARTS) is 1. The number of hydrogen-bond acceptors (Lipinski definition) is 4. The highest BCUT2D eigenvalue weighted by Crippen LogP contribution is 2.15. The molecule has 1 rings (SSSR count). The van der Waals surface area contributed by atoms with E-state index in [2.05, 4.69) is 15.9 Å². The molecule has 1 aromatic heterocycles.